The molecule has 1 fully saturated rings. The summed E-state index contributed by atoms with van der Waals surface area (Å²) in [5.41, 5.74) is 2.35. The van der Waals surface area contributed by atoms with Crippen LogP contribution in [0.5, 0.6) is 11.5 Å². The quantitative estimate of drug-likeness (QED) is 0.721. The average Bonchev–Trinajstić information content (AvgIpc) is 2.92. The second-order valence-corrected chi connectivity index (χ2v) is 6.24. The number of unbranched alkanes of at least 4 members (excludes halogenated alkanes) is 3. The Morgan fingerprint density at radius 1 is 1.22 bits per heavy atom. The molecule has 1 aromatic carbocycles. The highest BCUT2D eigenvalue weighted by molar-refractivity contribution is 5.71. The van der Waals surface area contributed by atoms with Crippen molar-refractivity contribution in [3.8, 4) is 11.5 Å². The fourth-order valence-corrected chi connectivity index (χ4v) is 3.25. The summed E-state index contributed by atoms with van der Waals surface area (Å²) in [6.07, 6.45) is 5.30. The molecular weight excluding hydrogens is 294 g/mol. The van der Waals surface area contributed by atoms with E-state index in [2.05, 4.69) is 13.0 Å². The molecule has 0 saturated carbocycles. The van der Waals surface area contributed by atoms with E-state index >= 15 is 0 Å². The van der Waals surface area contributed by atoms with Crippen LogP contribution in [0.15, 0.2) is 12.1 Å². The van der Waals surface area contributed by atoms with Gasteiger partial charge in [0.15, 0.2) is 11.5 Å². The third-order valence-corrected chi connectivity index (χ3v) is 4.61. The number of methoxy groups -OCH3 is 1. The van der Waals surface area contributed by atoms with Crippen LogP contribution < -0.4 is 9.47 Å². The van der Waals surface area contributed by atoms with Crippen molar-refractivity contribution in [1.29, 1.82) is 0 Å². The Morgan fingerprint density at radius 2 is 2.04 bits per heavy atom. The molecule has 23 heavy (non-hydrogen) atoms. The summed E-state index contributed by atoms with van der Waals surface area (Å²) in [5.74, 6) is 1.55. The van der Waals surface area contributed by atoms with Gasteiger partial charge in [0, 0.05) is 6.54 Å². The number of hydrogen-bond acceptors (Lipinski definition) is 4. The number of benzene rings is 1. The highest BCUT2D eigenvalue weighted by Gasteiger charge is 2.37. The van der Waals surface area contributed by atoms with Gasteiger partial charge in [-0.2, -0.15) is 0 Å². The van der Waals surface area contributed by atoms with Crippen molar-refractivity contribution >= 4 is 6.09 Å². The van der Waals surface area contributed by atoms with Gasteiger partial charge in [-0.1, -0.05) is 26.2 Å². The average molecular weight is 319 g/mol. The molecule has 0 radical (unpaired) electrons. The van der Waals surface area contributed by atoms with Crippen LogP contribution in [-0.4, -0.2) is 37.4 Å². The number of amides is 1. The Kier molecular flexibility index (Phi) is 4.94. The van der Waals surface area contributed by atoms with Crippen LogP contribution in [0.4, 0.5) is 4.79 Å². The van der Waals surface area contributed by atoms with E-state index in [9.17, 15) is 4.79 Å². The standard InChI is InChI=1S/C18H25NO4/c1-3-4-5-6-7-22-17-10-14-11-19-15(12-23-18(19)20)8-13(14)9-16(17)21-2/h9-10,15H,3-8,11-12H2,1-2H3. The van der Waals surface area contributed by atoms with Crippen molar-refractivity contribution in [1.82, 2.24) is 4.90 Å². The Labute approximate surface area is 137 Å². The molecule has 1 aromatic rings. The number of fused-ring (bicyclic) bond motifs is 2. The second kappa shape index (κ2) is 7.11. The van der Waals surface area contributed by atoms with Crippen molar-refractivity contribution in [3.63, 3.8) is 0 Å². The summed E-state index contributed by atoms with van der Waals surface area (Å²) in [7, 11) is 1.67. The van der Waals surface area contributed by atoms with Crippen molar-refractivity contribution in [3.05, 3.63) is 23.3 Å². The first kappa shape index (κ1) is 16.0. The van der Waals surface area contributed by atoms with E-state index in [-0.39, 0.29) is 12.1 Å². The lowest BCUT2D eigenvalue weighted by Gasteiger charge is -2.29. The van der Waals surface area contributed by atoms with Crippen LogP contribution in [0.2, 0.25) is 0 Å². The molecule has 0 bridgehead atoms. The topological polar surface area (TPSA) is 48.0 Å². The van der Waals surface area contributed by atoms with Gasteiger partial charge >= 0.3 is 6.09 Å². The van der Waals surface area contributed by atoms with Crippen molar-refractivity contribution in [2.45, 2.75) is 51.6 Å². The van der Waals surface area contributed by atoms with Crippen LogP contribution in [0.3, 0.4) is 0 Å². The maximum absolute atomic E-state index is 11.7. The first-order chi connectivity index (χ1) is 11.2. The van der Waals surface area contributed by atoms with Crippen molar-refractivity contribution in [2.75, 3.05) is 20.3 Å². The summed E-state index contributed by atoms with van der Waals surface area (Å²) in [6, 6.07) is 4.23. The lowest BCUT2D eigenvalue weighted by atomic mass is 9.94. The van der Waals surface area contributed by atoms with Crippen LogP contribution in [-0.2, 0) is 17.7 Å². The lowest BCUT2D eigenvalue weighted by molar-refractivity contribution is 0.155. The third-order valence-electron chi connectivity index (χ3n) is 4.61. The van der Waals surface area contributed by atoms with Crippen LogP contribution in [0.25, 0.3) is 0 Å². The molecule has 1 saturated heterocycles. The molecule has 5 heteroatoms. The van der Waals surface area contributed by atoms with Gasteiger partial charge in [-0.05, 0) is 36.1 Å². The number of ether oxygens (including phenoxy) is 3. The maximum atomic E-state index is 11.7. The number of rotatable bonds is 7. The molecule has 2 aliphatic rings. The zero-order chi connectivity index (χ0) is 16.2. The minimum Gasteiger partial charge on any atom is -0.493 e. The van der Waals surface area contributed by atoms with E-state index in [4.69, 9.17) is 14.2 Å². The zero-order valence-corrected chi connectivity index (χ0v) is 14.0. The number of nitrogens with zero attached hydrogens (tertiary/aromatic N) is 1. The SMILES string of the molecule is CCCCCCOc1cc2c(cc1OC)CC1COC(=O)N1C2. The molecule has 126 valence electrons. The van der Waals surface area contributed by atoms with Gasteiger partial charge in [0.05, 0.1) is 19.8 Å². The van der Waals surface area contributed by atoms with Crippen molar-refractivity contribution in [2.24, 2.45) is 0 Å². The molecule has 1 atom stereocenters. The summed E-state index contributed by atoms with van der Waals surface area (Å²) in [6.45, 7) is 3.97. The van der Waals surface area contributed by atoms with E-state index < -0.39 is 0 Å². The first-order valence-electron chi connectivity index (χ1n) is 8.49. The predicted octanol–water partition coefficient (Wildman–Crippen LogP) is 3.53. The van der Waals surface area contributed by atoms with E-state index in [1.807, 2.05) is 6.07 Å². The lowest BCUT2D eigenvalue weighted by Crippen LogP contribution is -2.38. The first-order valence-corrected chi connectivity index (χ1v) is 8.49. The van der Waals surface area contributed by atoms with Crippen LogP contribution >= 0.6 is 0 Å². The molecule has 3 rings (SSSR count). The van der Waals surface area contributed by atoms with Crippen LogP contribution in [0, 0.1) is 0 Å². The highest BCUT2D eigenvalue weighted by Crippen LogP contribution is 2.36. The van der Waals surface area contributed by atoms with Gasteiger partial charge in [0.2, 0.25) is 0 Å². The van der Waals surface area contributed by atoms with Gasteiger partial charge in [0.25, 0.3) is 0 Å². The van der Waals surface area contributed by atoms with E-state index in [1.165, 1.54) is 24.8 Å². The molecule has 0 aliphatic carbocycles. The molecule has 5 nitrogen and oxygen atoms in total. The van der Waals surface area contributed by atoms with E-state index in [0.29, 0.717) is 19.8 Å². The molecule has 0 spiro atoms. The smallest absolute Gasteiger partial charge is 0.410 e. The summed E-state index contributed by atoms with van der Waals surface area (Å²) < 4.78 is 16.5. The fraction of sp³-hybridized carbons (Fsp3) is 0.611. The number of carbonyl (C=O) groups is 1. The largest absolute Gasteiger partial charge is 0.493 e. The number of cyclic esters (lactones) is 1. The molecule has 1 amide bonds. The van der Waals surface area contributed by atoms with E-state index in [1.54, 1.807) is 12.0 Å². The Morgan fingerprint density at radius 3 is 2.83 bits per heavy atom. The fourth-order valence-electron chi connectivity index (χ4n) is 3.25. The highest BCUT2D eigenvalue weighted by atomic mass is 16.6. The van der Waals surface area contributed by atoms with Crippen molar-refractivity contribution < 1.29 is 19.0 Å². The second-order valence-electron chi connectivity index (χ2n) is 6.24. The van der Waals surface area contributed by atoms with Crippen LogP contribution in [0.1, 0.15) is 43.7 Å². The number of carbonyl (C=O) groups excluding carboxylic acids is 1. The zero-order valence-electron chi connectivity index (χ0n) is 14.0. The molecule has 0 N–H and O–H groups in total. The van der Waals surface area contributed by atoms with Gasteiger partial charge in [-0.25, -0.2) is 4.79 Å². The van der Waals surface area contributed by atoms with Gasteiger partial charge < -0.3 is 14.2 Å². The molecule has 2 heterocycles. The summed E-state index contributed by atoms with van der Waals surface area (Å²) in [5, 5.41) is 0. The monoisotopic (exact) mass is 319 g/mol. The summed E-state index contributed by atoms with van der Waals surface area (Å²) >= 11 is 0. The predicted molar refractivity (Wildman–Crippen MR) is 87.0 cm³/mol. The van der Waals surface area contributed by atoms with Gasteiger partial charge in [0.1, 0.15) is 6.61 Å². The minimum atomic E-state index is -0.210. The summed E-state index contributed by atoms with van der Waals surface area (Å²) in [4.78, 5) is 13.6. The number of hydrogen-bond donors (Lipinski definition) is 0. The minimum absolute atomic E-state index is 0.153. The normalized spacial score (nSPS) is 19.1. The third kappa shape index (κ3) is 3.38. The molecule has 0 aromatic heterocycles. The molecule has 1 unspecified atom stereocenters. The molecule has 2 aliphatic heterocycles. The molecular formula is C18H25NO4. The van der Waals surface area contributed by atoms with Gasteiger partial charge in [-0.15, -0.1) is 0 Å². The van der Waals surface area contributed by atoms with Gasteiger partial charge in [-0.3, -0.25) is 4.90 Å². The van der Waals surface area contributed by atoms with E-state index in [0.717, 1.165) is 29.9 Å². The Bertz CT molecular complexity index is 572. The maximum Gasteiger partial charge on any atom is 0.410 e. The Balaban J connectivity index is 1.71. The Hall–Kier alpha value is -1.91.